The first kappa shape index (κ1) is 17.9. The Labute approximate surface area is 162 Å². The highest BCUT2D eigenvalue weighted by Gasteiger charge is 2.42. The van der Waals surface area contributed by atoms with Crippen LogP contribution in [0.1, 0.15) is 22.3 Å². The van der Waals surface area contributed by atoms with Crippen molar-refractivity contribution >= 4 is 23.2 Å². The summed E-state index contributed by atoms with van der Waals surface area (Å²) in [6.07, 6.45) is 0. The van der Waals surface area contributed by atoms with E-state index >= 15 is 0 Å². The lowest BCUT2D eigenvalue weighted by atomic mass is 10.00. The summed E-state index contributed by atoms with van der Waals surface area (Å²) in [6, 6.07) is 11.3. The average molecular weight is 376 g/mol. The first-order chi connectivity index (χ1) is 13.4. The Morgan fingerprint density at radius 2 is 1.07 bits per heavy atom. The molecule has 2 amide bonds. The molecular formula is C22H20N2O4. The van der Waals surface area contributed by atoms with Gasteiger partial charge in [0, 0.05) is 11.1 Å². The second-order valence-corrected chi connectivity index (χ2v) is 6.82. The van der Waals surface area contributed by atoms with Crippen molar-refractivity contribution in [3.63, 3.8) is 0 Å². The molecule has 0 atom stereocenters. The van der Waals surface area contributed by atoms with Gasteiger partial charge in [-0.15, -0.1) is 0 Å². The Bertz CT molecular complexity index is 1010. The highest BCUT2D eigenvalue weighted by atomic mass is 16.5. The third-order valence-electron chi connectivity index (χ3n) is 4.93. The molecule has 0 saturated carbocycles. The van der Waals surface area contributed by atoms with Crippen molar-refractivity contribution in [2.24, 2.45) is 0 Å². The van der Waals surface area contributed by atoms with Gasteiger partial charge in [-0.1, -0.05) is 12.1 Å². The summed E-state index contributed by atoms with van der Waals surface area (Å²) >= 11 is 0. The fourth-order valence-electron chi connectivity index (χ4n) is 3.60. The fourth-order valence-corrected chi connectivity index (χ4v) is 3.60. The van der Waals surface area contributed by atoms with Crippen LogP contribution in [0.25, 0.3) is 11.4 Å². The molecule has 4 rings (SSSR count). The van der Waals surface area contributed by atoms with Crippen LogP contribution >= 0.6 is 0 Å². The molecule has 2 aromatic rings. The summed E-state index contributed by atoms with van der Waals surface area (Å²) in [4.78, 5) is 25.6. The minimum Gasteiger partial charge on any atom is -0.496 e. The quantitative estimate of drug-likeness (QED) is 0.860. The van der Waals surface area contributed by atoms with E-state index in [0.717, 1.165) is 11.1 Å². The first-order valence-electron chi connectivity index (χ1n) is 8.86. The van der Waals surface area contributed by atoms with E-state index in [2.05, 4.69) is 10.6 Å². The lowest BCUT2D eigenvalue weighted by Gasteiger charge is -2.13. The molecule has 2 N–H and O–H groups in total. The molecule has 0 aromatic heterocycles. The molecule has 6 nitrogen and oxygen atoms in total. The van der Waals surface area contributed by atoms with E-state index in [1.807, 2.05) is 50.2 Å². The molecule has 142 valence electrons. The highest BCUT2D eigenvalue weighted by Crippen LogP contribution is 2.41. The first-order valence-corrected chi connectivity index (χ1v) is 8.86. The number of rotatable bonds is 4. The maximum Gasteiger partial charge on any atom is 0.258 e. The lowest BCUT2D eigenvalue weighted by molar-refractivity contribution is -0.117. The van der Waals surface area contributed by atoms with Gasteiger partial charge < -0.3 is 20.1 Å². The molecule has 2 aliphatic rings. The van der Waals surface area contributed by atoms with Crippen molar-refractivity contribution in [3.05, 3.63) is 69.8 Å². The zero-order chi connectivity index (χ0) is 20.0. The van der Waals surface area contributed by atoms with Gasteiger partial charge in [-0.05, 0) is 49.2 Å². The van der Waals surface area contributed by atoms with E-state index in [-0.39, 0.29) is 11.8 Å². The molecule has 2 aliphatic heterocycles. The zero-order valence-corrected chi connectivity index (χ0v) is 16.1. The van der Waals surface area contributed by atoms with Gasteiger partial charge >= 0.3 is 0 Å². The number of ether oxygens (including phenoxy) is 2. The predicted octanol–water partition coefficient (Wildman–Crippen LogP) is 2.70. The molecule has 0 fully saturated rings. The van der Waals surface area contributed by atoms with Crippen LogP contribution in [-0.4, -0.2) is 26.0 Å². The molecule has 2 heterocycles. The third-order valence-corrected chi connectivity index (χ3v) is 4.93. The minimum atomic E-state index is -0.330. The Kier molecular flexibility index (Phi) is 4.19. The van der Waals surface area contributed by atoms with Crippen LogP contribution in [0.2, 0.25) is 0 Å². The molecule has 0 unspecified atom stereocenters. The van der Waals surface area contributed by atoms with E-state index in [4.69, 9.17) is 9.47 Å². The molecule has 0 spiro atoms. The van der Waals surface area contributed by atoms with Gasteiger partial charge in [0.2, 0.25) is 0 Å². The Morgan fingerprint density at radius 1 is 0.679 bits per heavy atom. The smallest absolute Gasteiger partial charge is 0.258 e. The summed E-state index contributed by atoms with van der Waals surface area (Å²) in [5.74, 6) is 0.531. The molecule has 0 aliphatic carbocycles. The van der Waals surface area contributed by atoms with Crippen LogP contribution in [0.3, 0.4) is 0 Å². The van der Waals surface area contributed by atoms with Gasteiger partial charge in [-0.2, -0.15) is 0 Å². The van der Waals surface area contributed by atoms with Crippen LogP contribution in [0.4, 0.5) is 0 Å². The van der Waals surface area contributed by atoms with E-state index in [0.29, 0.717) is 45.2 Å². The number of carbonyl (C=O) groups excluding carboxylic acids is 2. The maximum atomic E-state index is 12.8. The van der Waals surface area contributed by atoms with Crippen molar-refractivity contribution in [1.82, 2.24) is 10.6 Å². The van der Waals surface area contributed by atoms with Gasteiger partial charge in [-0.25, -0.2) is 0 Å². The second kappa shape index (κ2) is 6.56. The number of fused-ring (bicyclic) bond motifs is 1. The van der Waals surface area contributed by atoms with Crippen molar-refractivity contribution in [2.45, 2.75) is 13.8 Å². The van der Waals surface area contributed by atoms with E-state index in [1.165, 1.54) is 0 Å². The monoisotopic (exact) mass is 376 g/mol. The summed E-state index contributed by atoms with van der Waals surface area (Å²) in [5.41, 5.74) is 4.93. The van der Waals surface area contributed by atoms with Gasteiger partial charge in [0.25, 0.3) is 11.8 Å². The van der Waals surface area contributed by atoms with Gasteiger partial charge in [0.1, 0.15) is 11.5 Å². The van der Waals surface area contributed by atoms with E-state index in [1.54, 1.807) is 14.2 Å². The van der Waals surface area contributed by atoms with Crippen LogP contribution < -0.4 is 20.1 Å². The molecule has 0 bridgehead atoms. The van der Waals surface area contributed by atoms with Crippen LogP contribution in [0, 0.1) is 13.8 Å². The summed E-state index contributed by atoms with van der Waals surface area (Å²) in [7, 11) is 3.13. The van der Waals surface area contributed by atoms with Crippen LogP contribution in [-0.2, 0) is 9.59 Å². The molecule has 2 aromatic carbocycles. The van der Waals surface area contributed by atoms with Crippen molar-refractivity contribution in [1.29, 1.82) is 0 Å². The average Bonchev–Trinajstić information content (AvgIpc) is 3.20. The summed E-state index contributed by atoms with van der Waals surface area (Å²) in [5, 5.41) is 5.69. The third kappa shape index (κ3) is 2.65. The highest BCUT2D eigenvalue weighted by molar-refractivity contribution is 6.30. The molecule has 0 radical (unpaired) electrons. The largest absolute Gasteiger partial charge is 0.496 e. The topological polar surface area (TPSA) is 76.7 Å². The van der Waals surface area contributed by atoms with Crippen LogP contribution in [0.5, 0.6) is 11.5 Å². The normalized spacial score (nSPS) is 15.6. The molecule has 0 saturated heterocycles. The molecular weight excluding hydrogens is 356 g/mol. The molecule has 6 heteroatoms. The van der Waals surface area contributed by atoms with Crippen LogP contribution in [0.15, 0.2) is 47.5 Å². The fraction of sp³-hybridized carbons (Fsp3) is 0.182. The summed E-state index contributed by atoms with van der Waals surface area (Å²) in [6.45, 7) is 3.90. The van der Waals surface area contributed by atoms with Crippen molar-refractivity contribution in [2.75, 3.05) is 14.2 Å². The Balaban J connectivity index is 1.94. The van der Waals surface area contributed by atoms with Crippen molar-refractivity contribution < 1.29 is 19.1 Å². The van der Waals surface area contributed by atoms with Gasteiger partial charge in [0.15, 0.2) is 0 Å². The lowest BCUT2D eigenvalue weighted by Crippen LogP contribution is -2.21. The number of hydrogen-bond acceptors (Lipinski definition) is 4. The Hall–Kier alpha value is -3.54. The number of hydrogen-bond donors (Lipinski definition) is 2. The number of carbonyl (C=O) groups is 2. The number of nitrogens with one attached hydrogen (secondary N) is 2. The predicted molar refractivity (Wildman–Crippen MR) is 106 cm³/mol. The number of benzene rings is 2. The summed E-state index contributed by atoms with van der Waals surface area (Å²) < 4.78 is 10.9. The SMILES string of the molecule is COc1cc(C)ccc1C1=C2C(=O)NC(c3ccc(C)cc3OC)=C2C(=O)N1. The minimum absolute atomic E-state index is 0.324. The number of methoxy groups -OCH3 is 2. The standard InChI is InChI=1S/C22H20N2O4/c1-11-5-7-13(15(9-11)27-3)19-17-18(22(26)23-19)20(24-21(17)25)14-8-6-12(2)10-16(14)28-4/h5-10H,1-4H3,(H,23,26)(H,24,25). The van der Waals surface area contributed by atoms with Gasteiger partial charge in [0.05, 0.1) is 36.8 Å². The molecule has 28 heavy (non-hydrogen) atoms. The maximum absolute atomic E-state index is 12.8. The van der Waals surface area contributed by atoms with Gasteiger partial charge in [-0.3, -0.25) is 9.59 Å². The zero-order valence-electron chi connectivity index (χ0n) is 16.1. The second-order valence-electron chi connectivity index (χ2n) is 6.82. The number of amides is 2. The van der Waals surface area contributed by atoms with Crippen molar-refractivity contribution in [3.8, 4) is 11.5 Å². The number of aryl methyl sites for hydroxylation is 2. The van der Waals surface area contributed by atoms with E-state index in [9.17, 15) is 9.59 Å². The van der Waals surface area contributed by atoms with E-state index < -0.39 is 0 Å². The Morgan fingerprint density at radius 3 is 1.43 bits per heavy atom.